The summed E-state index contributed by atoms with van der Waals surface area (Å²) in [7, 11) is -1.06. The predicted octanol–water partition coefficient (Wildman–Crippen LogP) is 2.27. The summed E-state index contributed by atoms with van der Waals surface area (Å²) >= 11 is 0. The Morgan fingerprint density at radius 1 is 1.36 bits per heavy atom. The molecule has 1 atom stereocenters. The van der Waals surface area contributed by atoms with E-state index < -0.39 is 9.84 Å². The molecule has 22 heavy (non-hydrogen) atoms. The fraction of sp³-hybridized carbons (Fsp3) is 0.500. The van der Waals surface area contributed by atoms with Gasteiger partial charge in [-0.2, -0.15) is 0 Å². The Morgan fingerprint density at radius 3 is 2.77 bits per heavy atom. The monoisotopic (exact) mass is 326 g/mol. The minimum Gasteiger partial charge on any atom is -0.350 e. The third kappa shape index (κ3) is 4.08. The van der Waals surface area contributed by atoms with Crippen molar-refractivity contribution in [2.45, 2.75) is 26.3 Å². The van der Waals surface area contributed by atoms with Gasteiger partial charge in [0.2, 0.25) is 0 Å². The standard InChI is InChI=1S/C16H23FN2O2S/c1-4-22(20,21)11-12(2)18-8-7-13-10-19(3)16-9-14(17)5-6-15(13)16/h5-6,9-10,12,18H,4,7-8,11H2,1-3H3. The van der Waals surface area contributed by atoms with E-state index in [1.807, 2.05) is 24.7 Å². The van der Waals surface area contributed by atoms with Crippen molar-refractivity contribution in [3.05, 3.63) is 35.8 Å². The van der Waals surface area contributed by atoms with Crippen molar-refractivity contribution in [2.24, 2.45) is 7.05 Å². The number of rotatable bonds is 7. The maximum absolute atomic E-state index is 13.3. The van der Waals surface area contributed by atoms with Gasteiger partial charge in [0, 0.05) is 30.4 Å². The Kier molecular flexibility index (Phi) is 5.24. The summed E-state index contributed by atoms with van der Waals surface area (Å²) in [5, 5.41) is 4.29. The zero-order valence-electron chi connectivity index (χ0n) is 13.3. The second kappa shape index (κ2) is 6.79. The van der Waals surface area contributed by atoms with Crippen LogP contribution in [-0.4, -0.2) is 37.1 Å². The van der Waals surface area contributed by atoms with Crippen molar-refractivity contribution in [2.75, 3.05) is 18.1 Å². The van der Waals surface area contributed by atoms with Crippen molar-refractivity contribution >= 4 is 20.7 Å². The lowest BCUT2D eigenvalue weighted by atomic mass is 10.1. The average molecular weight is 326 g/mol. The maximum atomic E-state index is 13.3. The van der Waals surface area contributed by atoms with Gasteiger partial charge >= 0.3 is 0 Å². The first kappa shape index (κ1) is 17.0. The van der Waals surface area contributed by atoms with E-state index in [-0.39, 0.29) is 23.4 Å². The first-order valence-corrected chi connectivity index (χ1v) is 9.32. The molecule has 0 aliphatic carbocycles. The van der Waals surface area contributed by atoms with E-state index in [9.17, 15) is 12.8 Å². The van der Waals surface area contributed by atoms with Gasteiger partial charge in [0.15, 0.2) is 9.84 Å². The number of aryl methyl sites for hydroxylation is 1. The molecule has 2 aromatic rings. The molecule has 0 spiro atoms. The minimum atomic E-state index is -2.96. The van der Waals surface area contributed by atoms with Crippen molar-refractivity contribution < 1.29 is 12.8 Å². The number of fused-ring (bicyclic) bond motifs is 1. The second-order valence-corrected chi connectivity index (χ2v) is 8.13. The molecule has 1 heterocycles. The van der Waals surface area contributed by atoms with Crippen molar-refractivity contribution in [1.29, 1.82) is 0 Å². The normalized spacial score (nSPS) is 13.6. The van der Waals surface area contributed by atoms with E-state index in [0.717, 1.165) is 22.9 Å². The molecule has 1 aromatic heterocycles. The lowest BCUT2D eigenvalue weighted by Gasteiger charge is -2.13. The third-order valence-electron chi connectivity index (χ3n) is 3.87. The van der Waals surface area contributed by atoms with Crippen molar-refractivity contribution in [3.63, 3.8) is 0 Å². The summed E-state index contributed by atoms with van der Waals surface area (Å²) in [5.41, 5.74) is 2.01. The highest BCUT2D eigenvalue weighted by atomic mass is 32.2. The van der Waals surface area contributed by atoms with E-state index in [2.05, 4.69) is 5.32 Å². The molecular formula is C16H23FN2O2S. The Morgan fingerprint density at radius 2 is 2.09 bits per heavy atom. The van der Waals surface area contributed by atoms with Crippen LogP contribution in [-0.2, 0) is 23.3 Å². The van der Waals surface area contributed by atoms with Crippen LogP contribution in [0.1, 0.15) is 19.4 Å². The number of hydrogen-bond acceptors (Lipinski definition) is 3. The average Bonchev–Trinajstić information content (AvgIpc) is 2.74. The maximum Gasteiger partial charge on any atom is 0.151 e. The zero-order valence-corrected chi connectivity index (χ0v) is 14.1. The summed E-state index contributed by atoms with van der Waals surface area (Å²) in [6.07, 6.45) is 2.78. The molecule has 6 heteroatoms. The number of nitrogens with one attached hydrogen (secondary N) is 1. The Balaban J connectivity index is 1.98. The Bertz CT molecular complexity index is 753. The van der Waals surface area contributed by atoms with Crippen LogP contribution in [0.5, 0.6) is 0 Å². The number of aromatic nitrogens is 1. The fourth-order valence-electron chi connectivity index (χ4n) is 2.65. The number of benzene rings is 1. The number of halogens is 1. The summed E-state index contributed by atoms with van der Waals surface area (Å²) in [6, 6.07) is 4.72. The van der Waals surface area contributed by atoms with Gasteiger partial charge in [-0.1, -0.05) is 6.92 Å². The molecule has 2 rings (SSSR count). The van der Waals surface area contributed by atoms with Crippen molar-refractivity contribution in [3.8, 4) is 0 Å². The lowest BCUT2D eigenvalue weighted by molar-refractivity contribution is 0.559. The summed E-state index contributed by atoms with van der Waals surface area (Å²) in [5.74, 6) is 0.0924. The molecule has 0 saturated heterocycles. The molecular weight excluding hydrogens is 303 g/mol. The summed E-state index contributed by atoms with van der Waals surface area (Å²) in [6.45, 7) is 4.24. The number of sulfone groups is 1. The Hall–Kier alpha value is -1.40. The lowest BCUT2D eigenvalue weighted by Crippen LogP contribution is -2.34. The molecule has 122 valence electrons. The highest BCUT2D eigenvalue weighted by Crippen LogP contribution is 2.21. The SMILES string of the molecule is CCS(=O)(=O)CC(C)NCCc1cn(C)c2cc(F)ccc12. The molecule has 0 fully saturated rings. The highest BCUT2D eigenvalue weighted by molar-refractivity contribution is 7.91. The van der Waals surface area contributed by atoms with E-state index in [1.165, 1.54) is 12.1 Å². The van der Waals surface area contributed by atoms with Crippen LogP contribution < -0.4 is 5.32 Å². The molecule has 0 radical (unpaired) electrons. The van der Waals surface area contributed by atoms with E-state index in [1.54, 1.807) is 13.0 Å². The van der Waals surface area contributed by atoms with Gasteiger partial charge in [-0.3, -0.25) is 0 Å². The second-order valence-electron chi connectivity index (χ2n) is 5.73. The van der Waals surface area contributed by atoms with Crippen LogP contribution in [0.25, 0.3) is 10.9 Å². The van der Waals surface area contributed by atoms with Gasteiger partial charge in [-0.25, -0.2) is 12.8 Å². The highest BCUT2D eigenvalue weighted by Gasteiger charge is 2.13. The first-order chi connectivity index (χ1) is 10.3. The van der Waals surface area contributed by atoms with Gasteiger partial charge in [0.1, 0.15) is 5.82 Å². The topological polar surface area (TPSA) is 51.1 Å². The quantitative estimate of drug-likeness (QED) is 0.849. The third-order valence-corrected chi connectivity index (χ3v) is 5.75. The largest absolute Gasteiger partial charge is 0.350 e. The van der Waals surface area contributed by atoms with Gasteiger partial charge in [-0.05, 0) is 43.7 Å². The minimum absolute atomic E-state index is 0.0719. The van der Waals surface area contributed by atoms with Crippen LogP contribution in [0.2, 0.25) is 0 Å². The molecule has 0 aliphatic rings. The zero-order chi connectivity index (χ0) is 16.3. The molecule has 0 bridgehead atoms. The number of nitrogens with zero attached hydrogens (tertiary/aromatic N) is 1. The van der Waals surface area contributed by atoms with E-state index >= 15 is 0 Å². The number of hydrogen-bond donors (Lipinski definition) is 1. The molecule has 1 unspecified atom stereocenters. The van der Waals surface area contributed by atoms with Gasteiger partial charge in [0.05, 0.1) is 11.3 Å². The van der Waals surface area contributed by atoms with E-state index in [0.29, 0.717) is 6.54 Å². The molecule has 0 saturated carbocycles. The molecule has 1 N–H and O–H groups in total. The molecule has 0 aliphatic heterocycles. The van der Waals surface area contributed by atoms with Gasteiger partial charge < -0.3 is 9.88 Å². The van der Waals surface area contributed by atoms with Crippen LogP contribution in [0.4, 0.5) is 4.39 Å². The predicted molar refractivity (Wildman–Crippen MR) is 88.4 cm³/mol. The molecule has 4 nitrogen and oxygen atoms in total. The summed E-state index contributed by atoms with van der Waals surface area (Å²) in [4.78, 5) is 0. The van der Waals surface area contributed by atoms with Crippen LogP contribution in [0.3, 0.4) is 0 Å². The first-order valence-electron chi connectivity index (χ1n) is 7.49. The smallest absolute Gasteiger partial charge is 0.151 e. The fourth-order valence-corrected chi connectivity index (χ4v) is 3.77. The Labute approximate surface area is 131 Å². The van der Waals surface area contributed by atoms with Crippen LogP contribution >= 0.6 is 0 Å². The van der Waals surface area contributed by atoms with Crippen molar-refractivity contribution in [1.82, 2.24) is 9.88 Å². The van der Waals surface area contributed by atoms with Crippen LogP contribution in [0.15, 0.2) is 24.4 Å². The van der Waals surface area contributed by atoms with Crippen LogP contribution in [0, 0.1) is 5.82 Å². The van der Waals surface area contributed by atoms with Gasteiger partial charge in [-0.15, -0.1) is 0 Å². The molecule has 0 amide bonds. The summed E-state index contributed by atoms with van der Waals surface area (Å²) < 4.78 is 38.4. The molecule has 1 aromatic carbocycles. The van der Waals surface area contributed by atoms with Gasteiger partial charge in [0.25, 0.3) is 0 Å². The van der Waals surface area contributed by atoms with E-state index in [4.69, 9.17) is 0 Å².